The van der Waals surface area contributed by atoms with E-state index < -0.39 is 47.9 Å². The molecule has 7 heteroatoms. The molecule has 0 saturated heterocycles. The highest BCUT2D eigenvalue weighted by atomic mass is 16.5. The molecule has 3 N–H and O–H groups in total. The summed E-state index contributed by atoms with van der Waals surface area (Å²) < 4.78 is 5.48. The minimum atomic E-state index is -1.32. The van der Waals surface area contributed by atoms with Crippen molar-refractivity contribution in [3.63, 3.8) is 0 Å². The number of anilines is 1. The summed E-state index contributed by atoms with van der Waals surface area (Å²) in [6.07, 6.45) is 0.746. The molecule has 1 heterocycles. The Balaban J connectivity index is 2.28. The van der Waals surface area contributed by atoms with Gasteiger partial charge in [0.15, 0.2) is 6.10 Å². The first-order chi connectivity index (χ1) is 15.9. The number of hydrogen-bond donors (Lipinski definition) is 3. The van der Waals surface area contributed by atoms with Gasteiger partial charge in [0.05, 0.1) is 24.0 Å². The lowest BCUT2D eigenvalue weighted by molar-refractivity contribution is -0.159. The maximum Gasteiger partial charge on any atom is 0.309 e. The van der Waals surface area contributed by atoms with Crippen molar-refractivity contribution in [2.75, 3.05) is 5.32 Å². The van der Waals surface area contributed by atoms with Crippen LogP contribution in [0, 0.1) is 17.3 Å². The number of nitrogens with one attached hydrogen (secondary N) is 1. The molecule has 1 aromatic carbocycles. The number of allylic oxidation sites excluding steroid dienone is 1. The minimum Gasteiger partial charge on any atom is -0.452 e. The molecule has 0 aliphatic carbocycles. The number of carbonyl (C=O) groups is 3. The van der Waals surface area contributed by atoms with Gasteiger partial charge in [0.2, 0.25) is 0 Å². The van der Waals surface area contributed by atoms with Crippen LogP contribution in [-0.4, -0.2) is 46.2 Å². The van der Waals surface area contributed by atoms with Gasteiger partial charge < -0.3 is 20.3 Å². The molecule has 0 bridgehead atoms. The van der Waals surface area contributed by atoms with Crippen molar-refractivity contribution in [3.8, 4) is 0 Å². The van der Waals surface area contributed by atoms with Gasteiger partial charge in [-0.25, -0.2) is 0 Å². The van der Waals surface area contributed by atoms with Gasteiger partial charge in [-0.1, -0.05) is 57.5 Å². The molecule has 0 aromatic heterocycles. The second kappa shape index (κ2) is 12.3. The molecule has 7 nitrogen and oxygen atoms in total. The van der Waals surface area contributed by atoms with Gasteiger partial charge in [-0.2, -0.15) is 0 Å². The van der Waals surface area contributed by atoms with E-state index >= 15 is 0 Å². The van der Waals surface area contributed by atoms with E-state index in [-0.39, 0.29) is 18.1 Å². The summed E-state index contributed by atoms with van der Waals surface area (Å²) in [4.78, 5) is 38.7. The topological polar surface area (TPSA) is 113 Å². The van der Waals surface area contributed by atoms with Gasteiger partial charge >= 0.3 is 5.97 Å². The van der Waals surface area contributed by atoms with Crippen molar-refractivity contribution in [2.45, 2.75) is 85.0 Å². The zero-order valence-electron chi connectivity index (χ0n) is 20.9. The van der Waals surface area contributed by atoms with Crippen LogP contribution in [0.2, 0.25) is 0 Å². The largest absolute Gasteiger partial charge is 0.452 e. The molecule has 0 radical (unpaired) electrons. The Labute approximate surface area is 202 Å². The number of cyclic esters (lactones) is 1. The molecule has 0 fully saturated rings. The van der Waals surface area contributed by atoms with Crippen molar-refractivity contribution in [2.24, 2.45) is 17.3 Å². The Morgan fingerprint density at radius 2 is 1.76 bits per heavy atom. The number of carbonyl (C=O) groups excluding carboxylic acids is 3. The van der Waals surface area contributed by atoms with Gasteiger partial charge in [0.25, 0.3) is 5.91 Å². The zero-order chi connectivity index (χ0) is 25.5. The van der Waals surface area contributed by atoms with Crippen LogP contribution in [0.25, 0.3) is 0 Å². The summed E-state index contributed by atoms with van der Waals surface area (Å²) in [6.45, 7) is 8.67. The molecule has 2 rings (SSSR count). The van der Waals surface area contributed by atoms with Crippen LogP contribution >= 0.6 is 0 Å². The monoisotopic (exact) mass is 473 g/mol. The minimum absolute atomic E-state index is 0.0954. The maximum atomic E-state index is 13.1. The Morgan fingerprint density at radius 1 is 1.12 bits per heavy atom. The fraction of sp³-hybridized carbons (Fsp3) is 0.593. The predicted molar refractivity (Wildman–Crippen MR) is 131 cm³/mol. The Hall–Kier alpha value is -2.51. The third-order valence-electron chi connectivity index (χ3n) is 6.86. The third-order valence-corrected chi connectivity index (χ3v) is 6.86. The van der Waals surface area contributed by atoms with Gasteiger partial charge in [-0.05, 0) is 44.2 Å². The summed E-state index contributed by atoms with van der Waals surface area (Å²) >= 11 is 0. The molecule has 188 valence electrons. The van der Waals surface area contributed by atoms with E-state index in [0.717, 1.165) is 24.8 Å². The van der Waals surface area contributed by atoms with Crippen molar-refractivity contribution < 1.29 is 29.3 Å². The second-order valence-electron chi connectivity index (χ2n) is 10.1. The average Bonchev–Trinajstić information content (AvgIpc) is 2.79. The molecule has 5 atom stereocenters. The first-order valence-electron chi connectivity index (χ1n) is 12.0. The first kappa shape index (κ1) is 27.7. The smallest absolute Gasteiger partial charge is 0.309 e. The normalized spacial score (nSPS) is 31.1. The van der Waals surface area contributed by atoms with Crippen LogP contribution in [0.5, 0.6) is 0 Å². The highest BCUT2D eigenvalue weighted by molar-refractivity contribution is 5.95. The highest BCUT2D eigenvalue weighted by Gasteiger charge is 2.42. The van der Waals surface area contributed by atoms with E-state index in [1.807, 2.05) is 26.0 Å². The summed E-state index contributed by atoms with van der Waals surface area (Å²) in [6, 6.07) is 8.90. The molecular weight excluding hydrogens is 434 g/mol. The fourth-order valence-electron chi connectivity index (χ4n) is 4.26. The van der Waals surface area contributed by atoms with Crippen LogP contribution in [0.3, 0.4) is 0 Å². The predicted octanol–water partition coefficient (Wildman–Crippen LogP) is 4.04. The lowest BCUT2D eigenvalue weighted by atomic mass is 9.73. The third kappa shape index (κ3) is 7.50. The van der Waals surface area contributed by atoms with Crippen LogP contribution in [0.1, 0.15) is 66.7 Å². The number of aliphatic hydroxyl groups excluding tert-OH is 2. The van der Waals surface area contributed by atoms with Crippen molar-refractivity contribution in [1.82, 2.24) is 0 Å². The molecule has 0 saturated carbocycles. The van der Waals surface area contributed by atoms with Crippen LogP contribution in [0.4, 0.5) is 5.69 Å². The van der Waals surface area contributed by atoms with Crippen LogP contribution in [0.15, 0.2) is 42.0 Å². The lowest BCUT2D eigenvalue weighted by Crippen LogP contribution is -2.46. The van der Waals surface area contributed by atoms with Gasteiger partial charge in [0.1, 0.15) is 5.78 Å². The molecule has 1 aliphatic rings. The number of Topliss-reactive ketones (excluding diaryl/α,β-unsaturated/α-hetero) is 1. The van der Waals surface area contributed by atoms with E-state index in [2.05, 4.69) is 5.32 Å². The quantitative estimate of drug-likeness (QED) is 0.441. The lowest BCUT2D eigenvalue weighted by Gasteiger charge is -2.34. The Bertz CT molecular complexity index is 878. The molecule has 1 aliphatic heterocycles. The maximum absolute atomic E-state index is 13.1. The van der Waals surface area contributed by atoms with Crippen LogP contribution in [-0.2, 0) is 19.1 Å². The standard InChI is InChI=1S/C27H39NO6/c1-17-10-9-11-18(2)24(31)19(3)25(32)27(4,5)22(29)16-23(30)34-21(15-14-17)26(33)28-20-12-7-6-8-13-20/h6-8,12-14,18-19,21-22,24,29,31H,9-11,15-16H2,1-5H3,(H,28,33)/b17-14-. The van der Waals surface area contributed by atoms with Gasteiger partial charge in [-0.15, -0.1) is 0 Å². The first-order valence-corrected chi connectivity index (χ1v) is 12.0. The average molecular weight is 474 g/mol. The number of ether oxygens (including phenoxy) is 1. The molecular formula is C27H39NO6. The summed E-state index contributed by atoms with van der Waals surface area (Å²) in [7, 11) is 0. The second-order valence-corrected chi connectivity index (χ2v) is 10.1. The van der Waals surface area contributed by atoms with E-state index in [9.17, 15) is 24.6 Å². The SMILES string of the molecule is C/C1=C/CC(C(=O)Nc2ccccc2)OC(=O)CC(O)C(C)(C)C(=O)C(C)C(O)C(C)CCC1. The summed E-state index contributed by atoms with van der Waals surface area (Å²) in [5, 5.41) is 24.2. The number of aliphatic hydroxyl groups is 2. The molecule has 34 heavy (non-hydrogen) atoms. The Morgan fingerprint density at radius 3 is 2.41 bits per heavy atom. The number of esters is 1. The summed E-state index contributed by atoms with van der Waals surface area (Å²) in [5.41, 5.74) is 0.367. The molecule has 0 spiro atoms. The van der Waals surface area contributed by atoms with Gasteiger partial charge in [0, 0.05) is 18.0 Å². The van der Waals surface area contributed by atoms with E-state index in [1.165, 1.54) is 0 Å². The number of rotatable bonds is 2. The van der Waals surface area contributed by atoms with E-state index in [4.69, 9.17) is 4.74 Å². The number of hydrogen-bond acceptors (Lipinski definition) is 6. The number of amides is 1. The fourth-order valence-corrected chi connectivity index (χ4v) is 4.26. The zero-order valence-corrected chi connectivity index (χ0v) is 20.9. The Kier molecular flexibility index (Phi) is 10.0. The van der Waals surface area contributed by atoms with Crippen LogP contribution < -0.4 is 5.32 Å². The number of para-hydroxylation sites is 1. The number of ketones is 1. The van der Waals surface area contributed by atoms with E-state index in [0.29, 0.717) is 5.69 Å². The molecule has 1 amide bonds. The number of benzene rings is 1. The molecule has 5 unspecified atom stereocenters. The summed E-state index contributed by atoms with van der Waals surface area (Å²) in [5.74, 6) is -2.32. The van der Waals surface area contributed by atoms with Crippen molar-refractivity contribution in [3.05, 3.63) is 42.0 Å². The molecule has 1 aromatic rings. The van der Waals surface area contributed by atoms with E-state index in [1.54, 1.807) is 45.0 Å². The highest BCUT2D eigenvalue weighted by Crippen LogP contribution is 2.32. The van der Waals surface area contributed by atoms with Crippen molar-refractivity contribution >= 4 is 23.3 Å². The van der Waals surface area contributed by atoms with Crippen molar-refractivity contribution in [1.29, 1.82) is 0 Å². The van der Waals surface area contributed by atoms with Gasteiger partial charge in [-0.3, -0.25) is 14.4 Å².